The zero-order valence-corrected chi connectivity index (χ0v) is 13.7. The Hall–Kier alpha value is -1.06. The van der Waals surface area contributed by atoms with Gasteiger partial charge in [-0.2, -0.15) is 0 Å². The molecule has 4 heteroatoms. The van der Waals surface area contributed by atoms with Gasteiger partial charge in [0, 0.05) is 6.04 Å². The summed E-state index contributed by atoms with van der Waals surface area (Å²) in [6.07, 6.45) is 5.16. The lowest BCUT2D eigenvalue weighted by Crippen LogP contribution is -2.71. The first-order chi connectivity index (χ1) is 9.47. The van der Waals surface area contributed by atoms with E-state index in [1.54, 1.807) is 0 Å². The number of hydrogen-bond acceptors (Lipinski definition) is 2. The van der Waals surface area contributed by atoms with Crippen molar-refractivity contribution in [3.05, 3.63) is 0 Å². The van der Waals surface area contributed by atoms with Crippen LogP contribution in [-0.2, 0) is 9.59 Å². The number of nitrogens with one attached hydrogen (secondary N) is 1. The van der Waals surface area contributed by atoms with E-state index in [0.717, 1.165) is 19.3 Å². The van der Waals surface area contributed by atoms with Crippen molar-refractivity contribution in [1.82, 2.24) is 10.2 Å². The van der Waals surface area contributed by atoms with Crippen LogP contribution in [0.1, 0.15) is 73.1 Å². The highest BCUT2D eigenvalue weighted by atomic mass is 16.2. The van der Waals surface area contributed by atoms with Crippen LogP contribution in [0.25, 0.3) is 0 Å². The molecule has 1 fully saturated rings. The Morgan fingerprint density at radius 3 is 2.25 bits per heavy atom. The second kappa shape index (κ2) is 7.09. The second-order valence-electron chi connectivity index (χ2n) is 5.91. The topological polar surface area (TPSA) is 49.4 Å². The van der Waals surface area contributed by atoms with Gasteiger partial charge in [-0.25, -0.2) is 0 Å². The average Bonchev–Trinajstić information content (AvgIpc) is 2.46. The Bertz CT molecular complexity index is 350. The molecule has 0 aliphatic carbocycles. The van der Waals surface area contributed by atoms with Crippen molar-refractivity contribution in [2.45, 2.75) is 90.8 Å². The van der Waals surface area contributed by atoms with Crippen LogP contribution in [-0.4, -0.2) is 34.3 Å². The summed E-state index contributed by atoms with van der Waals surface area (Å²) in [6.45, 7) is 10.1. The van der Waals surface area contributed by atoms with E-state index in [4.69, 9.17) is 0 Å². The summed E-state index contributed by atoms with van der Waals surface area (Å²) < 4.78 is 0. The minimum absolute atomic E-state index is 0.0131. The molecule has 0 aromatic carbocycles. The van der Waals surface area contributed by atoms with Gasteiger partial charge in [-0.3, -0.25) is 9.59 Å². The van der Waals surface area contributed by atoms with Crippen LogP contribution in [0, 0.1) is 0 Å². The van der Waals surface area contributed by atoms with Gasteiger partial charge in [0.1, 0.15) is 11.6 Å². The van der Waals surface area contributed by atoms with E-state index in [0.29, 0.717) is 19.3 Å². The number of rotatable bonds is 7. The summed E-state index contributed by atoms with van der Waals surface area (Å²) in [5.74, 6) is 0.122. The number of carbonyl (C=O) groups is 2. The number of carbonyl (C=O) groups excluding carboxylic acids is 2. The van der Waals surface area contributed by atoms with Gasteiger partial charge >= 0.3 is 0 Å². The average molecular weight is 282 g/mol. The molecule has 1 heterocycles. The highest BCUT2D eigenvalue weighted by Crippen LogP contribution is 2.29. The maximum atomic E-state index is 12.9. The lowest BCUT2D eigenvalue weighted by molar-refractivity contribution is -0.158. The number of amides is 2. The van der Waals surface area contributed by atoms with Gasteiger partial charge in [-0.05, 0) is 32.6 Å². The van der Waals surface area contributed by atoms with Gasteiger partial charge in [0.05, 0.1) is 0 Å². The molecule has 1 aliphatic heterocycles. The van der Waals surface area contributed by atoms with Crippen LogP contribution in [0.15, 0.2) is 0 Å². The molecule has 4 nitrogen and oxygen atoms in total. The first kappa shape index (κ1) is 17.0. The molecular weight excluding hydrogens is 252 g/mol. The number of unbranched alkanes of at least 4 members (excludes halogenated alkanes) is 1. The first-order valence-corrected chi connectivity index (χ1v) is 8.12. The molecule has 0 bridgehead atoms. The highest BCUT2D eigenvalue weighted by molar-refractivity contribution is 5.99. The van der Waals surface area contributed by atoms with Gasteiger partial charge < -0.3 is 10.2 Å². The Morgan fingerprint density at radius 1 is 1.20 bits per heavy atom. The molecule has 1 saturated heterocycles. The Morgan fingerprint density at radius 2 is 1.80 bits per heavy atom. The van der Waals surface area contributed by atoms with Gasteiger partial charge in [0.2, 0.25) is 11.8 Å². The number of piperazine rings is 1. The van der Waals surface area contributed by atoms with Crippen molar-refractivity contribution in [3.63, 3.8) is 0 Å². The van der Waals surface area contributed by atoms with Crippen molar-refractivity contribution in [2.75, 3.05) is 0 Å². The molecule has 20 heavy (non-hydrogen) atoms. The standard InChI is InChI=1S/C16H30N2O2/c1-6-10-11-12(5)18-13(7-2)14(19)17-16(8-3,9-4)15(18)20/h12-13H,6-11H2,1-5H3,(H,17,19). The summed E-state index contributed by atoms with van der Waals surface area (Å²) in [7, 11) is 0. The van der Waals surface area contributed by atoms with E-state index < -0.39 is 5.54 Å². The van der Waals surface area contributed by atoms with Gasteiger partial charge in [-0.15, -0.1) is 0 Å². The van der Waals surface area contributed by atoms with Crippen LogP contribution in [0.2, 0.25) is 0 Å². The van der Waals surface area contributed by atoms with E-state index in [9.17, 15) is 9.59 Å². The molecule has 1 rings (SSSR count). The molecule has 0 spiro atoms. The molecule has 1 N–H and O–H groups in total. The second-order valence-corrected chi connectivity index (χ2v) is 5.91. The molecular formula is C16H30N2O2. The van der Waals surface area contributed by atoms with E-state index in [1.165, 1.54) is 0 Å². The molecule has 0 radical (unpaired) electrons. The zero-order valence-electron chi connectivity index (χ0n) is 13.7. The fourth-order valence-electron chi connectivity index (χ4n) is 3.14. The minimum atomic E-state index is -0.691. The summed E-state index contributed by atoms with van der Waals surface area (Å²) in [5.41, 5.74) is -0.691. The van der Waals surface area contributed by atoms with Gasteiger partial charge in [0.25, 0.3) is 0 Å². The van der Waals surface area contributed by atoms with Crippen molar-refractivity contribution in [3.8, 4) is 0 Å². The fraction of sp³-hybridized carbons (Fsp3) is 0.875. The third-order valence-electron chi connectivity index (χ3n) is 4.69. The number of nitrogens with zero attached hydrogens (tertiary/aromatic N) is 1. The maximum absolute atomic E-state index is 12.9. The summed E-state index contributed by atoms with van der Waals surface area (Å²) in [6, 6.07) is -0.170. The largest absolute Gasteiger partial charge is 0.340 e. The van der Waals surface area contributed by atoms with Crippen molar-refractivity contribution < 1.29 is 9.59 Å². The molecule has 0 aromatic heterocycles. The predicted octanol–water partition coefficient (Wildman–Crippen LogP) is 2.86. The summed E-state index contributed by atoms with van der Waals surface area (Å²) in [4.78, 5) is 27.2. The third kappa shape index (κ3) is 2.99. The predicted molar refractivity (Wildman–Crippen MR) is 81.4 cm³/mol. The van der Waals surface area contributed by atoms with E-state index >= 15 is 0 Å². The maximum Gasteiger partial charge on any atom is 0.249 e. The van der Waals surface area contributed by atoms with Crippen LogP contribution in [0.3, 0.4) is 0 Å². The fourth-order valence-corrected chi connectivity index (χ4v) is 3.14. The molecule has 2 amide bonds. The first-order valence-electron chi connectivity index (χ1n) is 8.12. The Labute approximate surface area is 123 Å². The van der Waals surface area contributed by atoms with Crippen molar-refractivity contribution in [1.29, 1.82) is 0 Å². The minimum Gasteiger partial charge on any atom is -0.340 e. The van der Waals surface area contributed by atoms with Crippen LogP contribution >= 0.6 is 0 Å². The van der Waals surface area contributed by atoms with Gasteiger partial charge in [-0.1, -0.05) is 40.5 Å². The van der Waals surface area contributed by atoms with Gasteiger partial charge in [0.15, 0.2) is 0 Å². The van der Waals surface area contributed by atoms with E-state index in [1.807, 2.05) is 25.7 Å². The van der Waals surface area contributed by atoms with Crippen LogP contribution in [0.4, 0.5) is 0 Å². The van der Waals surface area contributed by atoms with E-state index in [-0.39, 0.29) is 23.9 Å². The van der Waals surface area contributed by atoms with E-state index in [2.05, 4.69) is 19.2 Å². The van der Waals surface area contributed by atoms with Crippen molar-refractivity contribution >= 4 is 11.8 Å². The SMILES string of the molecule is CCCCC(C)N1C(=O)C(CC)(CC)NC(=O)C1CC. The van der Waals surface area contributed by atoms with Crippen molar-refractivity contribution in [2.24, 2.45) is 0 Å². The normalized spacial score (nSPS) is 23.6. The summed E-state index contributed by atoms with van der Waals surface area (Å²) in [5, 5.41) is 2.99. The molecule has 2 atom stereocenters. The number of hydrogen-bond donors (Lipinski definition) is 1. The smallest absolute Gasteiger partial charge is 0.249 e. The molecule has 0 aromatic rings. The Balaban J connectivity index is 3.06. The third-order valence-corrected chi connectivity index (χ3v) is 4.69. The Kier molecular flexibility index (Phi) is 6.03. The molecule has 2 unspecified atom stereocenters. The molecule has 1 aliphatic rings. The lowest BCUT2D eigenvalue weighted by Gasteiger charge is -2.47. The van der Waals surface area contributed by atoms with Crippen LogP contribution < -0.4 is 5.32 Å². The zero-order chi connectivity index (χ0) is 15.3. The lowest BCUT2D eigenvalue weighted by atomic mass is 9.85. The molecule has 0 saturated carbocycles. The monoisotopic (exact) mass is 282 g/mol. The highest BCUT2D eigenvalue weighted by Gasteiger charge is 2.49. The van der Waals surface area contributed by atoms with Crippen LogP contribution in [0.5, 0.6) is 0 Å². The molecule has 116 valence electrons. The summed E-state index contributed by atoms with van der Waals surface area (Å²) >= 11 is 0. The quantitative estimate of drug-likeness (QED) is 0.780.